The molecule has 1 fully saturated rings. The van der Waals surface area contributed by atoms with Crippen molar-refractivity contribution in [2.24, 2.45) is 5.92 Å². The summed E-state index contributed by atoms with van der Waals surface area (Å²) in [5.74, 6) is 0.807. The molecule has 1 unspecified atom stereocenters. The van der Waals surface area contributed by atoms with Gasteiger partial charge in [-0.25, -0.2) is 0 Å². The van der Waals surface area contributed by atoms with Crippen molar-refractivity contribution in [3.63, 3.8) is 0 Å². The zero-order valence-electron chi connectivity index (χ0n) is 12.4. The van der Waals surface area contributed by atoms with Crippen molar-refractivity contribution >= 4 is 0 Å². The third-order valence-electron chi connectivity index (χ3n) is 4.13. The van der Waals surface area contributed by atoms with Crippen LogP contribution in [0.1, 0.15) is 57.6 Å². The van der Waals surface area contributed by atoms with E-state index in [0.29, 0.717) is 6.04 Å². The van der Waals surface area contributed by atoms with Crippen LogP contribution in [0.25, 0.3) is 0 Å². The Morgan fingerprint density at radius 1 is 1.16 bits per heavy atom. The van der Waals surface area contributed by atoms with Gasteiger partial charge in [0.2, 0.25) is 0 Å². The lowest BCUT2D eigenvalue weighted by Crippen LogP contribution is -2.30. The molecular formula is C18H27N. The van der Waals surface area contributed by atoms with Crippen LogP contribution in [0.2, 0.25) is 0 Å². The molecule has 1 aromatic carbocycles. The second kappa shape index (κ2) is 7.49. The first-order chi connectivity index (χ1) is 9.27. The van der Waals surface area contributed by atoms with Crippen LogP contribution in [-0.4, -0.2) is 6.54 Å². The van der Waals surface area contributed by atoms with E-state index in [-0.39, 0.29) is 0 Å². The molecule has 1 aliphatic carbocycles. The Labute approximate surface area is 118 Å². The molecule has 1 saturated carbocycles. The predicted octanol–water partition coefficient (Wildman–Crippen LogP) is 4.86. The Balaban J connectivity index is 2.06. The number of allylic oxidation sites excluding steroid dienone is 1. The van der Waals surface area contributed by atoms with Crippen molar-refractivity contribution in [3.8, 4) is 0 Å². The first-order valence-corrected chi connectivity index (χ1v) is 7.69. The molecule has 0 bridgehead atoms. The third kappa shape index (κ3) is 4.50. The van der Waals surface area contributed by atoms with E-state index in [1.165, 1.54) is 43.2 Å². The summed E-state index contributed by atoms with van der Waals surface area (Å²) in [6.07, 6.45) is 9.27. The maximum Gasteiger partial charge on any atom is 0.0351 e. The quantitative estimate of drug-likeness (QED) is 0.742. The average molecular weight is 257 g/mol. The van der Waals surface area contributed by atoms with Gasteiger partial charge in [-0.3, -0.25) is 0 Å². The lowest BCUT2D eigenvalue weighted by Gasteiger charge is -2.31. The second-order valence-corrected chi connectivity index (χ2v) is 5.98. The lowest BCUT2D eigenvalue weighted by atomic mass is 9.81. The molecule has 1 atom stereocenters. The van der Waals surface area contributed by atoms with Crippen molar-refractivity contribution in [2.45, 2.75) is 52.0 Å². The fourth-order valence-electron chi connectivity index (χ4n) is 3.07. The summed E-state index contributed by atoms with van der Waals surface area (Å²) < 4.78 is 0. The van der Waals surface area contributed by atoms with Gasteiger partial charge in [-0.2, -0.15) is 0 Å². The van der Waals surface area contributed by atoms with E-state index in [2.05, 4.69) is 55.6 Å². The van der Waals surface area contributed by atoms with Crippen molar-refractivity contribution in [1.82, 2.24) is 5.32 Å². The molecule has 0 amide bonds. The summed E-state index contributed by atoms with van der Waals surface area (Å²) in [5.41, 5.74) is 2.85. The van der Waals surface area contributed by atoms with Gasteiger partial charge in [0, 0.05) is 12.6 Å². The van der Waals surface area contributed by atoms with E-state index >= 15 is 0 Å². The largest absolute Gasteiger partial charge is 0.306 e. The predicted molar refractivity (Wildman–Crippen MR) is 83.2 cm³/mol. The van der Waals surface area contributed by atoms with Gasteiger partial charge in [0.05, 0.1) is 0 Å². The average Bonchev–Trinajstić information content (AvgIpc) is 2.45. The zero-order chi connectivity index (χ0) is 13.5. The van der Waals surface area contributed by atoms with Gasteiger partial charge < -0.3 is 5.32 Å². The van der Waals surface area contributed by atoms with Crippen LogP contribution in [-0.2, 0) is 0 Å². The molecule has 0 aliphatic heterocycles. The molecule has 1 aromatic rings. The van der Waals surface area contributed by atoms with E-state index in [0.717, 1.165) is 12.5 Å². The second-order valence-electron chi connectivity index (χ2n) is 5.98. The van der Waals surface area contributed by atoms with Crippen LogP contribution >= 0.6 is 0 Å². The standard InChI is InChI=1S/C18H27N/c1-15(2)13-14-19-18(16-9-5-3-6-10-16)17-11-7-4-8-12-17/h3,5-6,9-10,13,17-19H,4,7-8,11-12,14H2,1-2H3. The summed E-state index contributed by atoms with van der Waals surface area (Å²) in [4.78, 5) is 0. The lowest BCUT2D eigenvalue weighted by molar-refractivity contribution is 0.277. The Bertz CT molecular complexity index is 383. The van der Waals surface area contributed by atoms with Gasteiger partial charge in [-0.15, -0.1) is 0 Å². The van der Waals surface area contributed by atoms with Crippen LogP contribution in [0.4, 0.5) is 0 Å². The molecule has 0 aromatic heterocycles. The maximum atomic E-state index is 3.76. The third-order valence-corrected chi connectivity index (χ3v) is 4.13. The van der Waals surface area contributed by atoms with E-state index in [9.17, 15) is 0 Å². The summed E-state index contributed by atoms with van der Waals surface area (Å²) >= 11 is 0. The number of rotatable bonds is 5. The smallest absolute Gasteiger partial charge is 0.0351 e. The molecule has 0 radical (unpaired) electrons. The summed E-state index contributed by atoms with van der Waals surface area (Å²) in [7, 11) is 0. The molecular weight excluding hydrogens is 230 g/mol. The molecule has 1 aliphatic rings. The molecule has 19 heavy (non-hydrogen) atoms. The Kier molecular flexibility index (Phi) is 5.65. The first-order valence-electron chi connectivity index (χ1n) is 7.69. The molecule has 2 rings (SSSR count). The minimum Gasteiger partial charge on any atom is -0.306 e. The van der Waals surface area contributed by atoms with Crippen molar-refractivity contribution in [1.29, 1.82) is 0 Å². The molecule has 1 nitrogen and oxygen atoms in total. The number of nitrogens with one attached hydrogen (secondary N) is 1. The van der Waals surface area contributed by atoms with Crippen LogP contribution in [0.15, 0.2) is 42.0 Å². The Hall–Kier alpha value is -1.08. The molecule has 0 spiro atoms. The van der Waals surface area contributed by atoms with Crippen molar-refractivity contribution < 1.29 is 0 Å². The van der Waals surface area contributed by atoms with Gasteiger partial charge in [0.1, 0.15) is 0 Å². The minimum absolute atomic E-state index is 0.525. The van der Waals surface area contributed by atoms with E-state index < -0.39 is 0 Å². The molecule has 1 N–H and O–H groups in total. The van der Waals surface area contributed by atoms with Crippen LogP contribution in [0.3, 0.4) is 0 Å². The van der Waals surface area contributed by atoms with Crippen LogP contribution in [0, 0.1) is 5.92 Å². The first kappa shape index (κ1) is 14.3. The monoisotopic (exact) mass is 257 g/mol. The highest BCUT2D eigenvalue weighted by atomic mass is 14.9. The number of hydrogen-bond donors (Lipinski definition) is 1. The van der Waals surface area contributed by atoms with Gasteiger partial charge in [-0.05, 0) is 38.2 Å². The summed E-state index contributed by atoms with van der Waals surface area (Å²) in [6, 6.07) is 11.5. The fourth-order valence-corrected chi connectivity index (χ4v) is 3.07. The molecule has 1 heteroatoms. The highest BCUT2D eigenvalue weighted by molar-refractivity contribution is 5.20. The molecule has 0 heterocycles. The summed E-state index contributed by atoms with van der Waals surface area (Å²) in [5, 5.41) is 3.76. The van der Waals surface area contributed by atoms with E-state index in [4.69, 9.17) is 0 Å². The Morgan fingerprint density at radius 2 is 1.84 bits per heavy atom. The highest BCUT2D eigenvalue weighted by Crippen LogP contribution is 2.34. The zero-order valence-corrected chi connectivity index (χ0v) is 12.4. The van der Waals surface area contributed by atoms with Gasteiger partial charge in [-0.1, -0.05) is 61.2 Å². The highest BCUT2D eigenvalue weighted by Gasteiger charge is 2.24. The number of benzene rings is 1. The SMILES string of the molecule is CC(C)=CCNC(c1ccccc1)C1CCCCC1. The van der Waals surface area contributed by atoms with Gasteiger partial charge >= 0.3 is 0 Å². The fraction of sp³-hybridized carbons (Fsp3) is 0.556. The van der Waals surface area contributed by atoms with Crippen LogP contribution in [0.5, 0.6) is 0 Å². The number of hydrogen-bond acceptors (Lipinski definition) is 1. The topological polar surface area (TPSA) is 12.0 Å². The minimum atomic E-state index is 0.525. The normalized spacial score (nSPS) is 18.0. The van der Waals surface area contributed by atoms with Crippen LogP contribution < -0.4 is 5.32 Å². The molecule has 104 valence electrons. The summed E-state index contributed by atoms with van der Waals surface area (Å²) in [6.45, 7) is 5.32. The Morgan fingerprint density at radius 3 is 2.47 bits per heavy atom. The van der Waals surface area contributed by atoms with Gasteiger partial charge in [0.25, 0.3) is 0 Å². The molecule has 0 saturated heterocycles. The van der Waals surface area contributed by atoms with E-state index in [1.807, 2.05) is 0 Å². The maximum absolute atomic E-state index is 3.76. The van der Waals surface area contributed by atoms with Crippen molar-refractivity contribution in [2.75, 3.05) is 6.54 Å². The van der Waals surface area contributed by atoms with Gasteiger partial charge in [0.15, 0.2) is 0 Å². The van der Waals surface area contributed by atoms with E-state index in [1.54, 1.807) is 0 Å². The van der Waals surface area contributed by atoms with Crippen molar-refractivity contribution in [3.05, 3.63) is 47.5 Å².